The van der Waals surface area contributed by atoms with Gasteiger partial charge in [-0.15, -0.1) is 0 Å². The highest BCUT2D eigenvalue weighted by Crippen LogP contribution is 2.34. The quantitative estimate of drug-likeness (QED) is 0.670. The number of amides is 3. The summed E-state index contributed by atoms with van der Waals surface area (Å²) in [5.41, 5.74) is 8.69. The third-order valence-corrected chi connectivity index (χ3v) is 4.06. The number of nitrogens with one attached hydrogen (secondary N) is 3. The Morgan fingerprint density at radius 3 is 2.56 bits per heavy atom. The van der Waals surface area contributed by atoms with Crippen molar-refractivity contribution >= 4 is 29.0 Å². The van der Waals surface area contributed by atoms with Gasteiger partial charge in [0.1, 0.15) is 0 Å². The molecule has 3 rings (SSSR count). The van der Waals surface area contributed by atoms with Gasteiger partial charge in [0.05, 0.1) is 17.9 Å². The van der Waals surface area contributed by atoms with Crippen molar-refractivity contribution in [1.29, 1.82) is 0 Å². The first-order valence-corrected chi connectivity index (χ1v) is 8.83. The van der Waals surface area contributed by atoms with Crippen LogP contribution in [0, 0.1) is 0 Å². The van der Waals surface area contributed by atoms with Gasteiger partial charge in [-0.3, -0.25) is 4.79 Å². The van der Waals surface area contributed by atoms with Crippen LogP contribution in [0.5, 0.6) is 0 Å². The third-order valence-electron chi connectivity index (χ3n) is 4.06. The number of urea groups is 1. The molecule has 1 atom stereocenters. The molecular weight excluding hydrogens is 342 g/mol. The minimum Gasteiger partial charge on any atom is -0.360 e. The molecule has 0 bridgehead atoms. The van der Waals surface area contributed by atoms with Crippen LogP contribution in [0.15, 0.2) is 48.5 Å². The molecule has 3 amide bonds. The number of carbonyl (C=O) groups is 2. The van der Waals surface area contributed by atoms with Crippen molar-refractivity contribution in [1.82, 2.24) is 5.32 Å². The normalized spacial score (nSPS) is 16.4. The summed E-state index contributed by atoms with van der Waals surface area (Å²) in [6.07, 6.45) is -0.833. The molecule has 0 fully saturated rings. The lowest BCUT2D eigenvalue weighted by atomic mass is 10.1. The van der Waals surface area contributed by atoms with Crippen molar-refractivity contribution in [3.63, 3.8) is 0 Å². The van der Waals surface area contributed by atoms with E-state index in [0.717, 1.165) is 11.3 Å². The van der Waals surface area contributed by atoms with Crippen LogP contribution in [0.1, 0.15) is 26.3 Å². The molecule has 1 unspecified atom stereocenters. The van der Waals surface area contributed by atoms with Crippen LogP contribution in [-0.2, 0) is 11.3 Å². The molecule has 1 aliphatic rings. The van der Waals surface area contributed by atoms with E-state index in [0.29, 0.717) is 17.9 Å². The summed E-state index contributed by atoms with van der Waals surface area (Å²) < 4.78 is 0. The van der Waals surface area contributed by atoms with Gasteiger partial charge in [-0.25, -0.2) is 4.79 Å². The van der Waals surface area contributed by atoms with E-state index in [2.05, 4.69) is 16.0 Å². The van der Waals surface area contributed by atoms with Crippen LogP contribution < -0.4 is 26.6 Å². The zero-order valence-electron chi connectivity index (χ0n) is 15.7. The van der Waals surface area contributed by atoms with E-state index in [1.54, 1.807) is 17.0 Å². The maximum absolute atomic E-state index is 12.6. The summed E-state index contributed by atoms with van der Waals surface area (Å²) >= 11 is 0. The molecule has 2 aromatic carbocycles. The van der Waals surface area contributed by atoms with Gasteiger partial charge in [0.25, 0.3) is 5.91 Å². The van der Waals surface area contributed by atoms with Gasteiger partial charge in [-0.2, -0.15) is 0 Å². The second-order valence-electron chi connectivity index (χ2n) is 7.59. The van der Waals surface area contributed by atoms with E-state index in [4.69, 9.17) is 5.73 Å². The van der Waals surface area contributed by atoms with Crippen LogP contribution in [0.4, 0.5) is 21.9 Å². The minimum absolute atomic E-state index is 0.197. The maximum Gasteiger partial charge on any atom is 0.319 e. The van der Waals surface area contributed by atoms with Gasteiger partial charge in [-0.1, -0.05) is 30.3 Å². The molecule has 0 spiro atoms. The molecule has 0 radical (unpaired) electrons. The molecular formula is C20H25N5O2. The summed E-state index contributed by atoms with van der Waals surface area (Å²) in [6.45, 7) is 6.16. The number of nitrogens with zero attached hydrogens (tertiary/aromatic N) is 1. The Morgan fingerprint density at radius 1 is 1.19 bits per heavy atom. The lowest BCUT2D eigenvalue weighted by Gasteiger charge is -2.34. The Hall–Kier alpha value is -3.06. The number of hydrogen-bond donors (Lipinski definition) is 4. The Kier molecular flexibility index (Phi) is 5.05. The summed E-state index contributed by atoms with van der Waals surface area (Å²) in [5.74, 6) is -0.197. The van der Waals surface area contributed by atoms with Crippen LogP contribution >= 0.6 is 0 Å². The molecule has 2 aromatic rings. The van der Waals surface area contributed by atoms with Gasteiger partial charge in [0.15, 0.2) is 6.17 Å². The zero-order valence-corrected chi connectivity index (χ0v) is 15.7. The van der Waals surface area contributed by atoms with E-state index < -0.39 is 6.17 Å². The molecule has 1 aliphatic heterocycles. The number of carbonyl (C=O) groups excluding carboxylic acids is 2. The van der Waals surface area contributed by atoms with Crippen molar-refractivity contribution in [3.05, 3.63) is 54.1 Å². The van der Waals surface area contributed by atoms with Crippen molar-refractivity contribution in [2.75, 3.05) is 15.5 Å². The first-order chi connectivity index (χ1) is 12.7. The Labute approximate surface area is 158 Å². The average Bonchev–Trinajstić information content (AvgIpc) is 2.58. The Morgan fingerprint density at radius 2 is 1.89 bits per heavy atom. The maximum atomic E-state index is 12.6. The number of nitrogens with two attached hydrogens (primary N) is 1. The van der Waals surface area contributed by atoms with Gasteiger partial charge in [0.2, 0.25) is 0 Å². The highest BCUT2D eigenvalue weighted by molar-refractivity contribution is 6.05. The minimum atomic E-state index is -0.833. The fourth-order valence-electron chi connectivity index (χ4n) is 2.91. The van der Waals surface area contributed by atoms with E-state index in [9.17, 15) is 9.59 Å². The van der Waals surface area contributed by atoms with Crippen LogP contribution in [0.25, 0.3) is 0 Å². The van der Waals surface area contributed by atoms with Crippen molar-refractivity contribution in [3.8, 4) is 0 Å². The summed E-state index contributed by atoms with van der Waals surface area (Å²) in [6, 6.07) is 14.8. The lowest BCUT2D eigenvalue weighted by molar-refractivity contribution is -0.119. The van der Waals surface area contributed by atoms with Gasteiger partial charge in [0, 0.05) is 11.2 Å². The third kappa shape index (κ3) is 4.57. The highest BCUT2D eigenvalue weighted by Gasteiger charge is 2.30. The fraction of sp³-hybridized carbons (Fsp3) is 0.300. The molecule has 0 saturated carbocycles. The van der Waals surface area contributed by atoms with E-state index >= 15 is 0 Å². The molecule has 0 saturated heterocycles. The summed E-state index contributed by atoms with van der Waals surface area (Å²) in [7, 11) is 0. The van der Waals surface area contributed by atoms with E-state index in [1.807, 2.05) is 57.2 Å². The van der Waals surface area contributed by atoms with Gasteiger partial charge >= 0.3 is 6.03 Å². The van der Waals surface area contributed by atoms with Gasteiger partial charge in [-0.05, 0) is 44.5 Å². The van der Waals surface area contributed by atoms with Crippen LogP contribution in [-0.4, -0.2) is 23.6 Å². The monoisotopic (exact) mass is 367 g/mol. The average molecular weight is 367 g/mol. The predicted octanol–water partition coefficient (Wildman–Crippen LogP) is 2.85. The smallest absolute Gasteiger partial charge is 0.319 e. The van der Waals surface area contributed by atoms with Crippen LogP contribution in [0.3, 0.4) is 0 Å². The van der Waals surface area contributed by atoms with Crippen molar-refractivity contribution in [2.45, 2.75) is 39.0 Å². The first-order valence-electron chi connectivity index (χ1n) is 8.83. The molecule has 0 aliphatic carbocycles. The lowest BCUT2D eigenvalue weighted by Crippen LogP contribution is -2.51. The number of benzene rings is 2. The number of anilines is 3. The van der Waals surface area contributed by atoms with E-state index in [-0.39, 0.29) is 17.5 Å². The second kappa shape index (κ2) is 7.28. The first kappa shape index (κ1) is 18.7. The van der Waals surface area contributed by atoms with E-state index in [1.165, 1.54) is 0 Å². The standard InChI is InChI=1S/C20H25N5O2/c1-20(2,3)24-19(27)22-14-9-10-16-15(11-14)23-17(21)18(26)25(16)12-13-7-5-4-6-8-13/h4-11,17,23H,12,21H2,1-3H3,(H2,22,24,27). The molecule has 1 heterocycles. The fourth-order valence-corrected chi connectivity index (χ4v) is 2.91. The summed E-state index contributed by atoms with van der Waals surface area (Å²) in [4.78, 5) is 26.3. The Bertz CT molecular complexity index is 845. The molecule has 7 heteroatoms. The number of hydrogen-bond acceptors (Lipinski definition) is 4. The molecule has 0 aromatic heterocycles. The summed E-state index contributed by atoms with van der Waals surface area (Å²) in [5, 5.41) is 8.65. The largest absolute Gasteiger partial charge is 0.360 e. The van der Waals surface area contributed by atoms with Crippen LogP contribution in [0.2, 0.25) is 0 Å². The number of fused-ring (bicyclic) bond motifs is 1. The van der Waals surface area contributed by atoms with Crippen molar-refractivity contribution < 1.29 is 9.59 Å². The molecule has 142 valence electrons. The van der Waals surface area contributed by atoms with Crippen molar-refractivity contribution in [2.24, 2.45) is 5.73 Å². The SMILES string of the molecule is CC(C)(C)NC(=O)Nc1ccc2c(c1)NC(N)C(=O)N2Cc1ccccc1. The molecule has 27 heavy (non-hydrogen) atoms. The highest BCUT2D eigenvalue weighted by atomic mass is 16.2. The molecule has 5 N–H and O–H groups in total. The second-order valence-corrected chi connectivity index (χ2v) is 7.59. The topological polar surface area (TPSA) is 99.5 Å². The number of rotatable bonds is 3. The predicted molar refractivity (Wildman–Crippen MR) is 108 cm³/mol. The van der Waals surface area contributed by atoms with Gasteiger partial charge < -0.3 is 26.6 Å². The Balaban J connectivity index is 1.83. The zero-order chi connectivity index (χ0) is 19.6. The molecule has 7 nitrogen and oxygen atoms in total.